The van der Waals surface area contributed by atoms with Crippen molar-refractivity contribution in [1.82, 2.24) is 4.98 Å². The molecule has 4 rings (SSSR count). The lowest BCUT2D eigenvalue weighted by atomic mass is 10.1. The van der Waals surface area contributed by atoms with Crippen LogP contribution in [0.3, 0.4) is 0 Å². The molecule has 0 aliphatic carbocycles. The van der Waals surface area contributed by atoms with Gasteiger partial charge in [0.25, 0.3) is 5.91 Å². The zero-order chi connectivity index (χ0) is 19.5. The lowest BCUT2D eigenvalue weighted by Gasteiger charge is -2.10. The fourth-order valence-electron chi connectivity index (χ4n) is 2.87. The number of nitrogens with one attached hydrogen (secondary N) is 1. The summed E-state index contributed by atoms with van der Waals surface area (Å²) < 4.78 is 11.6. The molecule has 3 aromatic carbocycles. The van der Waals surface area contributed by atoms with Gasteiger partial charge in [-0.3, -0.25) is 4.79 Å². The first kappa shape index (κ1) is 18.0. The van der Waals surface area contributed by atoms with Crippen LogP contribution in [-0.4, -0.2) is 25.1 Å². The highest BCUT2D eigenvalue weighted by Crippen LogP contribution is 2.31. The molecule has 0 unspecified atom stereocenters. The second kappa shape index (κ2) is 7.70. The molecule has 1 N–H and O–H groups in total. The van der Waals surface area contributed by atoms with Gasteiger partial charge in [-0.05, 0) is 54.6 Å². The molecule has 1 heterocycles. The van der Waals surface area contributed by atoms with Crippen LogP contribution >= 0.6 is 11.3 Å². The van der Waals surface area contributed by atoms with Gasteiger partial charge in [-0.25, -0.2) is 4.98 Å². The van der Waals surface area contributed by atoms with Crippen LogP contribution in [0.1, 0.15) is 10.4 Å². The van der Waals surface area contributed by atoms with Crippen LogP contribution in [0.25, 0.3) is 20.8 Å². The Balaban J connectivity index is 1.52. The first-order chi connectivity index (χ1) is 13.7. The smallest absolute Gasteiger partial charge is 0.255 e. The number of methoxy groups -OCH3 is 2. The summed E-state index contributed by atoms with van der Waals surface area (Å²) in [5.41, 5.74) is 3.22. The Kier molecular flexibility index (Phi) is 4.95. The molecule has 1 amide bonds. The van der Waals surface area contributed by atoms with Gasteiger partial charge in [0.1, 0.15) is 5.01 Å². The number of anilines is 1. The first-order valence-electron chi connectivity index (χ1n) is 8.67. The number of carbonyl (C=O) groups excluding carboxylic acids is 1. The summed E-state index contributed by atoms with van der Waals surface area (Å²) >= 11 is 1.65. The molecule has 28 heavy (non-hydrogen) atoms. The number of carbonyl (C=O) groups is 1. The number of aromatic nitrogens is 1. The Morgan fingerprint density at radius 2 is 1.68 bits per heavy atom. The molecule has 0 spiro atoms. The Labute approximate surface area is 166 Å². The predicted octanol–water partition coefficient (Wildman–Crippen LogP) is 5.23. The van der Waals surface area contributed by atoms with E-state index in [0.717, 1.165) is 20.8 Å². The molecule has 140 valence electrons. The number of amides is 1. The third-order valence-electron chi connectivity index (χ3n) is 4.33. The Morgan fingerprint density at radius 3 is 2.39 bits per heavy atom. The van der Waals surface area contributed by atoms with Gasteiger partial charge in [0.05, 0.1) is 24.4 Å². The van der Waals surface area contributed by atoms with E-state index in [1.54, 1.807) is 43.8 Å². The fraction of sp³-hybridized carbons (Fsp3) is 0.0909. The molecule has 0 aliphatic heterocycles. The van der Waals surface area contributed by atoms with E-state index in [2.05, 4.69) is 16.4 Å². The van der Waals surface area contributed by atoms with E-state index >= 15 is 0 Å². The number of ether oxygens (including phenoxy) is 2. The van der Waals surface area contributed by atoms with E-state index in [1.165, 1.54) is 0 Å². The Bertz CT molecular complexity index is 1100. The molecular weight excluding hydrogens is 372 g/mol. The van der Waals surface area contributed by atoms with Crippen LogP contribution in [-0.2, 0) is 0 Å². The number of nitrogens with zero attached hydrogens (tertiary/aromatic N) is 1. The molecule has 0 aliphatic rings. The molecule has 5 nitrogen and oxygen atoms in total. The minimum atomic E-state index is -0.214. The van der Waals surface area contributed by atoms with Gasteiger partial charge >= 0.3 is 0 Å². The van der Waals surface area contributed by atoms with Crippen molar-refractivity contribution in [3.8, 4) is 22.1 Å². The number of hydrogen-bond donors (Lipinski definition) is 1. The van der Waals surface area contributed by atoms with Crippen LogP contribution in [0, 0.1) is 0 Å². The van der Waals surface area contributed by atoms with Crippen molar-refractivity contribution in [2.75, 3.05) is 19.5 Å². The van der Waals surface area contributed by atoms with Crippen LogP contribution < -0.4 is 14.8 Å². The van der Waals surface area contributed by atoms with Crippen molar-refractivity contribution in [3.05, 3.63) is 72.3 Å². The highest BCUT2D eigenvalue weighted by Gasteiger charge is 2.12. The van der Waals surface area contributed by atoms with Gasteiger partial charge in [0.15, 0.2) is 11.5 Å². The summed E-state index contributed by atoms with van der Waals surface area (Å²) in [6.07, 6.45) is 0. The van der Waals surface area contributed by atoms with Gasteiger partial charge in [-0.1, -0.05) is 12.1 Å². The number of rotatable bonds is 5. The Morgan fingerprint density at radius 1 is 0.929 bits per heavy atom. The van der Waals surface area contributed by atoms with Gasteiger partial charge in [-0.2, -0.15) is 0 Å². The molecule has 0 radical (unpaired) electrons. The summed E-state index contributed by atoms with van der Waals surface area (Å²) in [7, 11) is 3.10. The van der Waals surface area contributed by atoms with E-state index in [0.29, 0.717) is 22.7 Å². The quantitative estimate of drug-likeness (QED) is 0.507. The van der Waals surface area contributed by atoms with Crippen molar-refractivity contribution in [2.24, 2.45) is 0 Å². The molecule has 0 saturated heterocycles. The first-order valence-corrected chi connectivity index (χ1v) is 9.49. The summed E-state index contributed by atoms with van der Waals surface area (Å²) in [5.74, 6) is 0.884. The van der Waals surface area contributed by atoms with Gasteiger partial charge in [0, 0.05) is 16.8 Å². The third-order valence-corrected chi connectivity index (χ3v) is 5.41. The van der Waals surface area contributed by atoms with E-state index < -0.39 is 0 Å². The van der Waals surface area contributed by atoms with E-state index in [-0.39, 0.29) is 5.91 Å². The fourth-order valence-corrected chi connectivity index (χ4v) is 3.84. The highest BCUT2D eigenvalue weighted by molar-refractivity contribution is 7.21. The molecule has 1 aromatic heterocycles. The topological polar surface area (TPSA) is 60.5 Å². The minimum Gasteiger partial charge on any atom is -0.493 e. The molecule has 0 fully saturated rings. The van der Waals surface area contributed by atoms with Gasteiger partial charge in [0.2, 0.25) is 0 Å². The maximum atomic E-state index is 12.5. The van der Waals surface area contributed by atoms with Gasteiger partial charge in [-0.15, -0.1) is 11.3 Å². The maximum absolute atomic E-state index is 12.5. The summed E-state index contributed by atoms with van der Waals surface area (Å²) in [6, 6.07) is 20.8. The molecular formula is C22H18N2O3S. The van der Waals surface area contributed by atoms with Crippen molar-refractivity contribution in [1.29, 1.82) is 0 Å². The van der Waals surface area contributed by atoms with Crippen LogP contribution in [0.5, 0.6) is 11.5 Å². The number of thiazole rings is 1. The molecule has 6 heteroatoms. The monoisotopic (exact) mass is 390 g/mol. The lowest BCUT2D eigenvalue weighted by molar-refractivity contribution is 0.102. The van der Waals surface area contributed by atoms with Crippen molar-refractivity contribution in [3.63, 3.8) is 0 Å². The number of hydrogen-bond acceptors (Lipinski definition) is 5. The SMILES string of the molecule is COc1ccc(C(=O)Nc2ccc(-c3nc4ccccc4s3)cc2)cc1OC. The molecule has 0 bridgehead atoms. The standard InChI is InChI=1S/C22H18N2O3S/c1-26-18-12-9-15(13-19(18)27-2)21(25)23-16-10-7-14(8-11-16)22-24-17-5-3-4-6-20(17)28-22/h3-13H,1-2H3,(H,23,25). The van der Waals surface area contributed by atoms with Crippen LogP contribution in [0.2, 0.25) is 0 Å². The average Bonchev–Trinajstić information content (AvgIpc) is 3.18. The zero-order valence-electron chi connectivity index (χ0n) is 15.4. The van der Waals surface area contributed by atoms with Crippen LogP contribution in [0.15, 0.2) is 66.7 Å². The number of fused-ring (bicyclic) bond motifs is 1. The zero-order valence-corrected chi connectivity index (χ0v) is 16.2. The van der Waals surface area contributed by atoms with E-state index in [9.17, 15) is 4.79 Å². The third kappa shape index (κ3) is 3.54. The second-order valence-corrected chi connectivity index (χ2v) is 7.12. The average molecular weight is 390 g/mol. The van der Waals surface area contributed by atoms with Crippen molar-refractivity contribution >= 4 is 33.1 Å². The lowest BCUT2D eigenvalue weighted by Crippen LogP contribution is -2.12. The molecule has 4 aromatic rings. The predicted molar refractivity (Wildman–Crippen MR) is 113 cm³/mol. The molecule has 0 saturated carbocycles. The summed E-state index contributed by atoms with van der Waals surface area (Å²) in [4.78, 5) is 17.2. The van der Waals surface area contributed by atoms with E-state index in [1.807, 2.05) is 42.5 Å². The largest absolute Gasteiger partial charge is 0.493 e. The molecule has 0 atom stereocenters. The van der Waals surface area contributed by atoms with Crippen LogP contribution in [0.4, 0.5) is 5.69 Å². The summed E-state index contributed by atoms with van der Waals surface area (Å²) in [6.45, 7) is 0. The number of benzene rings is 3. The minimum absolute atomic E-state index is 0.214. The second-order valence-electron chi connectivity index (χ2n) is 6.09. The maximum Gasteiger partial charge on any atom is 0.255 e. The number of para-hydroxylation sites is 1. The normalized spacial score (nSPS) is 10.6. The summed E-state index contributed by atoms with van der Waals surface area (Å²) in [5, 5.41) is 3.86. The van der Waals surface area contributed by atoms with Crippen molar-refractivity contribution < 1.29 is 14.3 Å². The van der Waals surface area contributed by atoms with Gasteiger partial charge < -0.3 is 14.8 Å². The Hall–Kier alpha value is -3.38. The highest BCUT2D eigenvalue weighted by atomic mass is 32.1. The van der Waals surface area contributed by atoms with Crippen molar-refractivity contribution in [2.45, 2.75) is 0 Å². The van der Waals surface area contributed by atoms with E-state index in [4.69, 9.17) is 9.47 Å².